The molecule has 1 fully saturated rings. The third kappa shape index (κ3) is 3.29. The minimum absolute atomic E-state index is 0.0492. The van der Waals surface area contributed by atoms with Crippen molar-refractivity contribution < 1.29 is 18.0 Å². The predicted molar refractivity (Wildman–Crippen MR) is 73.5 cm³/mol. The summed E-state index contributed by atoms with van der Waals surface area (Å²) in [5, 5.41) is 2.69. The number of hydrazine groups is 1. The molecule has 0 heterocycles. The number of halogens is 3. The smallest absolute Gasteiger partial charge is 0.351 e. The Hall–Kier alpha value is -1.76. The fourth-order valence-electron chi connectivity index (χ4n) is 2.48. The van der Waals surface area contributed by atoms with E-state index in [-0.39, 0.29) is 11.0 Å². The van der Waals surface area contributed by atoms with Crippen LogP contribution in [-0.4, -0.2) is 12.5 Å². The van der Waals surface area contributed by atoms with E-state index in [2.05, 4.69) is 5.32 Å². The van der Waals surface area contributed by atoms with Crippen LogP contribution >= 0.6 is 0 Å². The van der Waals surface area contributed by atoms with E-state index in [9.17, 15) is 18.0 Å². The first-order valence-electron chi connectivity index (χ1n) is 6.72. The molecule has 0 aromatic heterocycles. The Bertz CT molecular complexity index is 539. The molecule has 1 aliphatic rings. The van der Waals surface area contributed by atoms with Crippen LogP contribution < -0.4 is 16.6 Å². The molecule has 0 saturated heterocycles. The van der Waals surface area contributed by atoms with Gasteiger partial charge < -0.3 is 10.7 Å². The number of nitrogen functional groups attached to an aromatic ring is 1. The normalized spacial score (nSPS) is 17.0. The van der Waals surface area contributed by atoms with Gasteiger partial charge in [-0.3, -0.25) is 10.6 Å². The van der Waals surface area contributed by atoms with E-state index in [1.807, 2.05) is 12.3 Å². The fraction of sp³-hybridized carbons (Fsp3) is 0.500. The zero-order valence-corrected chi connectivity index (χ0v) is 11.7. The number of anilines is 1. The average molecular weight is 301 g/mol. The van der Waals surface area contributed by atoms with Crippen molar-refractivity contribution in [1.29, 1.82) is 0 Å². The first-order valence-corrected chi connectivity index (χ1v) is 6.72. The lowest BCUT2D eigenvalue weighted by Crippen LogP contribution is -2.40. The summed E-state index contributed by atoms with van der Waals surface area (Å²) in [4.78, 5) is 12.1. The van der Waals surface area contributed by atoms with Crippen LogP contribution in [0, 0.1) is 5.41 Å². The van der Waals surface area contributed by atoms with Gasteiger partial charge in [-0.2, -0.15) is 13.2 Å². The highest BCUT2D eigenvalue weighted by Crippen LogP contribution is 2.40. The summed E-state index contributed by atoms with van der Waals surface area (Å²) in [6.45, 7) is 2.50. The van der Waals surface area contributed by atoms with Crippen molar-refractivity contribution in [2.45, 2.75) is 32.4 Å². The molecule has 1 amide bonds. The second kappa shape index (κ2) is 5.55. The maximum absolute atomic E-state index is 12.9. The lowest BCUT2D eigenvalue weighted by Gasteiger charge is -2.38. The van der Waals surface area contributed by atoms with E-state index < -0.39 is 23.3 Å². The van der Waals surface area contributed by atoms with Crippen molar-refractivity contribution >= 4 is 11.6 Å². The standard InChI is InChI=1S/C14H18F3N3O/c1-13(6-3-7-13)8-19-12(21)9-4-2-5-10(11(9)20-18)14(15,16)17/h2,4-5,20H,3,6-8,18H2,1H3,(H,19,21). The Morgan fingerprint density at radius 3 is 2.52 bits per heavy atom. The van der Waals surface area contributed by atoms with Gasteiger partial charge in [-0.15, -0.1) is 0 Å². The Morgan fingerprint density at radius 1 is 1.38 bits per heavy atom. The molecule has 7 heteroatoms. The number of carbonyl (C=O) groups is 1. The topological polar surface area (TPSA) is 67.2 Å². The fourth-order valence-corrected chi connectivity index (χ4v) is 2.48. The van der Waals surface area contributed by atoms with Crippen molar-refractivity contribution in [3.63, 3.8) is 0 Å². The molecule has 116 valence electrons. The number of hydrogen-bond donors (Lipinski definition) is 3. The van der Waals surface area contributed by atoms with Gasteiger partial charge in [0.2, 0.25) is 0 Å². The van der Waals surface area contributed by atoms with Crippen LogP contribution in [-0.2, 0) is 6.18 Å². The molecule has 1 saturated carbocycles. The van der Waals surface area contributed by atoms with Crippen LogP contribution in [0.5, 0.6) is 0 Å². The van der Waals surface area contributed by atoms with Crippen LogP contribution in [0.2, 0.25) is 0 Å². The predicted octanol–water partition coefficient (Wildman–Crippen LogP) is 2.91. The van der Waals surface area contributed by atoms with Gasteiger partial charge in [0.1, 0.15) is 0 Å². The van der Waals surface area contributed by atoms with Gasteiger partial charge in [0, 0.05) is 6.54 Å². The van der Waals surface area contributed by atoms with Crippen LogP contribution in [0.3, 0.4) is 0 Å². The molecule has 0 radical (unpaired) electrons. The van der Waals surface area contributed by atoms with Gasteiger partial charge in [-0.25, -0.2) is 0 Å². The number of amides is 1. The van der Waals surface area contributed by atoms with Crippen molar-refractivity contribution in [2.24, 2.45) is 11.3 Å². The van der Waals surface area contributed by atoms with Gasteiger partial charge in [0.25, 0.3) is 5.91 Å². The summed E-state index contributed by atoms with van der Waals surface area (Å²) < 4.78 is 38.7. The lowest BCUT2D eigenvalue weighted by atomic mass is 9.70. The van der Waals surface area contributed by atoms with Gasteiger partial charge in [-0.05, 0) is 30.4 Å². The third-order valence-electron chi connectivity index (χ3n) is 4.00. The Morgan fingerprint density at radius 2 is 2.05 bits per heavy atom. The first-order chi connectivity index (χ1) is 9.77. The molecule has 0 unspecified atom stereocenters. The average Bonchev–Trinajstić information content (AvgIpc) is 2.40. The Kier molecular flexibility index (Phi) is 4.13. The van der Waals surface area contributed by atoms with Gasteiger partial charge in [0.15, 0.2) is 0 Å². The van der Waals surface area contributed by atoms with Crippen molar-refractivity contribution in [2.75, 3.05) is 12.0 Å². The van der Waals surface area contributed by atoms with E-state index in [0.29, 0.717) is 6.54 Å². The Labute approximate surface area is 120 Å². The molecule has 0 bridgehead atoms. The van der Waals surface area contributed by atoms with E-state index in [0.717, 1.165) is 25.3 Å². The Balaban J connectivity index is 2.20. The molecular formula is C14H18F3N3O. The van der Waals surface area contributed by atoms with Gasteiger partial charge >= 0.3 is 6.18 Å². The molecule has 2 rings (SSSR count). The molecule has 4 N–H and O–H groups in total. The molecule has 21 heavy (non-hydrogen) atoms. The molecule has 0 atom stereocenters. The molecule has 1 aliphatic carbocycles. The summed E-state index contributed by atoms with van der Waals surface area (Å²) >= 11 is 0. The number of nitrogens with two attached hydrogens (primary N) is 1. The second-order valence-corrected chi connectivity index (χ2v) is 5.72. The number of carbonyl (C=O) groups excluding carboxylic acids is 1. The number of para-hydroxylation sites is 1. The van der Waals surface area contributed by atoms with Crippen molar-refractivity contribution in [3.8, 4) is 0 Å². The van der Waals surface area contributed by atoms with Crippen LogP contribution in [0.1, 0.15) is 42.1 Å². The summed E-state index contributed by atoms with van der Waals surface area (Å²) in [5.74, 6) is 4.62. The monoisotopic (exact) mass is 301 g/mol. The van der Waals surface area contributed by atoms with Crippen molar-refractivity contribution in [3.05, 3.63) is 29.3 Å². The number of rotatable bonds is 4. The minimum Gasteiger partial charge on any atom is -0.351 e. The molecule has 0 aliphatic heterocycles. The van der Waals surface area contributed by atoms with Crippen LogP contribution in [0.25, 0.3) is 0 Å². The highest BCUT2D eigenvalue weighted by molar-refractivity contribution is 6.00. The molecular weight excluding hydrogens is 283 g/mol. The number of nitrogens with one attached hydrogen (secondary N) is 2. The van der Waals surface area contributed by atoms with Crippen molar-refractivity contribution in [1.82, 2.24) is 5.32 Å². The van der Waals surface area contributed by atoms with Crippen LogP contribution in [0.4, 0.5) is 18.9 Å². The summed E-state index contributed by atoms with van der Waals surface area (Å²) in [6, 6.07) is 3.41. The summed E-state index contributed by atoms with van der Waals surface area (Å²) in [7, 11) is 0. The summed E-state index contributed by atoms with van der Waals surface area (Å²) in [6.07, 6.45) is -1.43. The first kappa shape index (κ1) is 15.6. The maximum Gasteiger partial charge on any atom is 0.418 e. The molecule has 4 nitrogen and oxygen atoms in total. The zero-order valence-electron chi connectivity index (χ0n) is 11.7. The highest BCUT2D eigenvalue weighted by Gasteiger charge is 2.36. The van der Waals surface area contributed by atoms with Gasteiger partial charge in [0.05, 0.1) is 16.8 Å². The zero-order chi connectivity index (χ0) is 15.7. The van der Waals surface area contributed by atoms with Crippen LogP contribution in [0.15, 0.2) is 18.2 Å². The number of alkyl halides is 3. The molecule has 0 spiro atoms. The minimum atomic E-state index is -4.57. The third-order valence-corrected chi connectivity index (χ3v) is 4.00. The largest absolute Gasteiger partial charge is 0.418 e. The van der Waals surface area contributed by atoms with Gasteiger partial charge in [-0.1, -0.05) is 19.4 Å². The maximum atomic E-state index is 12.9. The lowest BCUT2D eigenvalue weighted by molar-refractivity contribution is -0.137. The summed E-state index contributed by atoms with van der Waals surface area (Å²) in [5.41, 5.74) is 0.591. The molecule has 1 aromatic carbocycles. The molecule has 1 aromatic rings. The second-order valence-electron chi connectivity index (χ2n) is 5.72. The number of hydrogen-bond acceptors (Lipinski definition) is 3. The SMILES string of the molecule is CC1(CNC(=O)c2cccc(C(F)(F)F)c2NN)CCC1. The van der Waals surface area contributed by atoms with E-state index in [1.165, 1.54) is 12.1 Å². The van der Waals surface area contributed by atoms with E-state index >= 15 is 0 Å². The quantitative estimate of drug-likeness (QED) is 0.592. The van der Waals surface area contributed by atoms with E-state index in [1.54, 1.807) is 0 Å². The highest BCUT2D eigenvalue weighted by atomic mass is 19.4. The van der Waals surface area contributed by atoms with E-state index in [4.69, 9.17) is 5.84 Å². The number of benzene rings is 1.